The van der Waals surface area contributed by atoms with Gasteiger partial charge in [-0.1, -0.05) is 13.3 Å². The molecule has 2 saturated heterocycles. The van der Waals surface area contributed by atoms with Gasteiger partial charge < -0.3 is 10.1 Å². The Balaban J connectivity index is 2.07. The molecule has 70 valence electrons. The molecule has 2 fully saturated rings. The number of hydrogen-bond donors (Lipinski definition) is 1. The van der Waals surface area contributed by atoms with E-state index in [1.54, 1.807) is 0 Å². The van der Waals surface area contributed by atoms with Gasteiger partial charge in [-0.3, -0.25) is 0 Å². The maximum atomic E-state index is 5.60. The van der Waals surface area contributed by atoms with Gasteiger partial charge in [-0.05, 0) is 25.3 Å². The zero-order chi connectivity index (χ0) is 8.44. The van der Waals surface area contributed by atoms with Crippen molar-refractivity contribution in [3.8, 4) is 0 Å². The first-order valence-corrected chi connectivity index (χ1v) is 5.16. The molecule has 0 saturated carbocycles. The molecule has 2 rings (SSSR count). The summed E-state index contributed by atoms with van der Waals surface area (Å²) in [6.07, 6.45) is 3.93. The monoisotopic (exact) mass is 169 g/mol. The summed E-state index contributed by atoms with van der Waals surface area (Å²) in [6.45, 7) is 6.68. The summed E-state index contributed by atoms with van der Waals surface area (Å²) in [5, 5.41) is 3.47. The third kappa shape index (κ3) is 1.27. The molecule has 0 radical (unpaired) electrons. The molecular weight excluding hydrogens is 150 g/mol. The van der Waals surface area contributed by atoms with Gasteiger partial charge in [0.05, 0.1) is 6.61 Å². The smallest absolute Gasteiger partial charge is 0.0537 e. The van der Waals surface area contributed by atoms with Gasteiger partial charge in [-0.15, -0.1) is 0 Å². The van der Waals surface area contributed by atoms with E-state index in [-0.39, 0.29) is 0 Å². The highest BCUT2D eigenvalue weighted by Crippen LogP contribution is 2.41. The minimum absolute atomic E-state index is 0.507. The molecule has 0 aromatic carbocycles. The Labute approximate surface area is 74.7 Å². The van der Waals surface area contributed by atoms with Crippen LogP contribution in [0.5, 0.6) is 0 Å². The Morgan fingerprint density at radius 2 is 2.50 bits per heavy atom. The second kappa shape index (κ2) is 3.35. The number of ether oxygens (including phenoxy) is 1. The summed E-state index contributed by atoms with van der Waals surface area (Å²) in [7, 11) is 0. The van der Waals surface area contributed by atoms with E-state index < -0.39 is 0 Å². The molecule has 2 nitrogen and oxygen atoms in total. The van der Waals surface area contributed by atoms with Crippen LogP contribution in [-0.4, -0.2) is 26.3 Å². The first-order valence-electron chi connectivity index (χ1n) is 5.16. The van der Waals surface area contributed by atoms with E-state index in [0.717, 1.165) is 19.1 Å². The fraction of sp³-hybridized carbons (Fsp3) is 1.00. The number of rotatable bonds is 1. The van der Waals surface area contributed by atoms with Crippen molar-refractivity contribution in [1.29, 1.82) is 0 Å². The lowest BCUT2D eigenvalue weighted by atomic mass is 9.71. The molecule has 2 heteroatoms. The first kappa shape index (κ1) is 8.52. The quantitative estimate of drug-likeness (QED) is 0.641. The van der Waals surface area contributed by atoms with Crippen molar-refractivity contribution in [3.05, 3.63) is 0 Å². The largest absolute Gasteiger partial charge is 0.381 e. The molecule has 0 aromatic heterocycles. The molecule has 12 heavy (non-hydrogen) atoms. The van der Waals surface area contributed by atoms with Gasteiger partial charge in [0.1, 0.15) is 0 Å². The summed E-state index contributed by atoms with van der Waals surface area (Å²) in [6, 6.07) is 0. The van der Waals surface area contributed by atoms with E-state index in [2.05, 4.69) is 12.2 Å². The normalized spacial score (nSPS) is 42.2. The maximum absolute atomic E-state index is 5.60. The molecule has 2 aliphatic heterocycles. The van der Waals surface area contributed by atoms with Crippen molar-refractivity contribution in [2.75, 3.05) is 26.3 Å². The molecule has 0 aliphatic carbocycles. The topological polar surface area (TPSA) is 21.3 Å². The number of hydrogen-bond acceptors (Lipinski definition) is 2. The molecule has 2 atom stereocenters. The average molecular weight is 169 g/mol. The van der Waals surface area contributed by atoms with E-state index >= 15 is 0 Å². The molecule has 1 spiro atoms. The molecule has 2 aliphatic rings. The molecular formula is C10H19NO. The van der Waals surface area contributed by atoms with Crippen LogP contribution in [0.3, 0.4) is 0 Å². The van der Waals surface area contributed by atoms with Crippen molar-refractivity contribution < 1.29 is 4.74 Å². The summed E-state index contributed by atoms with van der Waals surface area (Å²) < 4.78 is 5.60. The first-order chi connectivity index (χ1) is 5.87. The van der Waals surface area contributed by atoms with Crippen molar-refractivity contribution in [2.45, 2.75) is 26.2 Å². The van der Waals surface area contributed by atoms with Gasteiger partial charge in [0.25, 0.3) is 0 Å². The highest BCUT2D eigenvalue weighted by Gasteiger charge is 2.42. The van der Waals surface area contributed by atoms with Crippen molar-refractivity contribution in [3.63, 3.8) is 0 Å². The van der Waals surface area contributed by atoms with Crippen LogP contribution in [0.15, 0.2) is 0 Å². The Morgan fingerprint density at radius 3 is 3.17 bits per heavy atom. The Kier molecular flexibility index (Phi) is 2.37. The molecule has 0 amide bonds. The standard InChI is InChI=1S/C10H19NO/c1-2-9-3-6-12-8-10(9)4-5-11-7-10/h9,11H,2-8H2,1H3/t9-,10?/m1/s1. The van der Waals surface area contributed by atoms with Crippen molar-refractivity contribution in [2.24, 2.45) is 11.3 Å². The summed E-state index contributed by atoms with van der Waals surface area (Å²) >= 11 is 0. The third-order valence-electron chi connectivity index (χ3n) is 3.64. The molecule has 1 N–H and O–H groups in total. The van der Waals surface area contributed by atoms with Crippen LogP contribution in [0.1, 0.15) is 26.2 Å². The minimum Gasteiger partial charge on any atom is -0.381 e. The predicted molar refractivity (Wildman–Crippen MR) is 49.1 cm³/mol. The van der Waals surface area contributed by atoms with Gasteiger partial charge >= 0.3 is 0 Å². The fourth-order valence-electron chi connectivity index (χ4n) is 2.80. The van der Waals surface area contributed by atoms with Gasteiger partial charge in [0, 0.05) is 18.6 Å². The molecule has 1 unspecified atom stereocenters. The average Bonchev–Trinajstić information content (AvgIpc) is 2.55. The van der Waals surface area contributed by atoms with E-state index in [4.69, 9.17) is 4.74 Å². The van der Waals surface area contributed by atoms with Crippen LogP contribution >= 0.6 is 0 Å². The Morgan fingerprint density at radius 1 is 1.58 bits per heavy atom. The maximum Gasteiger partial charge on any atom is 0.0537 e. The lowest BCUT2D eigenvalue weighted by molar-refractivity contribution is -0.0421. The molecule has 0 aromatic rings. The predicted octanol–water partition coefficient (Wildman–Crippen LogP) is 1.41. The van der Waals surface area contributed by atoms with Crippen molar-refractivity contribution in [1.82, 2.24) is 5.32 Å². The van der Waals surface area contributed by atoms with Crippen LogP contribution in [0.25, 0.3) is 0 Å². The zero-order valence-electron chi connectivity index (χ0n) is 7.94. The van der Waals surface area contributed by atoms with Gasteiger partial charge in [0.2, 0.25) is 0 Å². The third-order valence-corrected chi connectivity index (χ3v) is 3.64. The Bertz CT molecular complexity index is 152. The highest BCUT2D eigenvalue weighted by molar-refractivity contribution is 4.94. The number of nitrogens with one attached hydrogen (secondary N) is 1. The summed E-state index contributed by atoms with van der Waals surface area (Å²) in [5.41, 5.74) is 0.507. The summed E-state index contributed by atoms with van der Waals surface area (Å²) in [5.74, 6) is 0.904. The van der Waals surface area contributed by atoms with Gasteiger partial charge in [0.15, 0.2) is 0 Å². The summed E-state index contributed by atoms with van der Waals surface area (Å²) in [4.78, 5) is 0. The van der Waals surface area contributed by atoms with Crippen LogP contribution < -0.4 is 5.32 Å². The minimum atomic E-state index is 0.507. The van der Waals surface area contributed by atoms with Gasteiger partial charge in [-0.2, -0.15) is 0 Å². The van der Waals surface area contributed by atoms with E-state index in [0.29, 0.717) is 5.41 Å². The van der Waals surface area contributed by atoms with Crippen LogP contribution in [0, 0.1) is 11.3 Å². The lowest BCUT2D eigenvalue weighted by Crippen LogP contribution is -2.41. The zero-order valence-corrected chi connectivity index (χ0v) is 7.94. The lowest BCUT2D eigenvalue weighted by Gasteiger charge is -2.40. The van der Waals surface area contributed by atoms with Crippen LogP contribution in [0.4, 0.5) is 0 Å². The van der Waals surface area contributed by atoms with E-state index in [1.165, 1.54) is 32.4 Å². The molecule has 0 bridgehead atoms. The van der Waals surface area contributed by atoms with Gasteiger partial charge in [-0.25, -0.2) is 0 Å². The molecule has 2 heterocycles. The fourth-order valence-corrected chi connectivity index (χ4v) is 2.80. The SMILES string of the molecule is CC[C@@H]1CCOCC12CCNC2. The van der Waals surface area contributed by atoms with E-state index in [9.17, 15) is 0 Å². The van der Waals surface area contributed by atoms with Crippen LogP contribution in [-0.2, 0) is 4.74 Å². The van der Waals surface area contributed by atoms with E-state index in [1.807, 2.05) is 0 Å². The second-order valence-electron chi connectivity index (χ2n) is 4.24. The second-order valence-corrected chi connectivity index (χ2v) is 4.24. The Hall–Kier alpha value is -0.0800. The van der Waals surface area contributed by atoms with Crippen LogP contribution in [0.2, 0.25) is 0 Å². The van der Waals surface area contributed by atoms with Crippen molar-refractivity contribution >= 4 is 0 Å². The highest BCUT2D eigenvalue weighted by atomic mass is 16.5.